The first-order chi connectivity index (χ1) is 13.2. The Morgan fingerprint density at radius 3 is 1.46 bits per heavy atom. The molecule has 0 atom stereocenters. The van der Waals surface area contributed by atoms with Gasteiger partial charge in [-0.25, -0.2) is 0 Å². The second-order valence-corrected chi connectivity index (χ2v) is 7.35. The van der Waals surface area contributed by atoms with Gasteiger partial charge in [-0.3, -0.25) is 0 Å². The summed E-state index contributed by atoms with van der Waals surface area (Å²) >= 11 is 16.3. The van der Waals surface area contributed by atoms with Crippen LogP contribution in [0, 0.1) is 13.8 Å². The van der Waals surface area contributed by atoms with Crippen LogP contribution in [0.1, 0.15) is 25.0 Å². The lowest BCUT2D eigenvalue weighted by molar-refractivity contribution is 0.354. The minimum Gasteiger partial charge on any atom is -0.504 e. The van der Waals surface area contributed by atoms with Gasteiger partial charge in [-0.15, -0.1) is 23.2 Å². The Morgan fingerprint density at radius 1 is 0.750 bits per heavy atom. The van der Waals surface area contributed by atoms with E-state index in [1.165, 1.54) is 7.11 Å². The summed E-state index contributed by atoms with van der Waals surface area (Å²) in [5.74, 6) is 2.17. The molecule has 4 nitrogen and oxygen atoms in total. The molecule has 0 aliphatic heterocycles. The van der Waals surface area contributed by atoms with E-state index in [1.807, 2.05) is 39.8 Å². The molecule has 8 heteroatoms. The summed E-state index contributed by atoms with van der Waals surface area (Å²) in [7, 11) is 4.78. The number of benzene rings is 2. The molecule has 0 aliphatic carbocycles. The highest BCUT2D eigenvalue weighted by molar-refractivity contribution is 9.10. The summed E-state index contributed by atoms with van der Waals surface area (Å²) in [4.78, 5) is 0. The van der Waals surface area contributed by atoms with E-state index in [9.17, 15) is 5.11 Å². The van der Waals surface area contributed by atoms with Crippen LogP contribution in [0.4, 0.5) is 0 Å². The van der Waals surface area contributed by atoms with Gasteiger partial charge in [0, 0.05) is 8.95 Å². The number of aryl methyl sites for hydroxylation is 2. The number of ether oxygens (including phenoxy) is 3. The second-order valence-electron chi connectivity index (χ2n) is 4.83. The molecule has 2 aromatic rings. The number of phenolic OH excluding ortho intramolecular Hbond substituents is 1. The van der Waals surface area contributed by atoms with E-state index >= 15 is 0 Å². The van der Waals surface area contributed by atoms with Gasteiger partial charge >= 0.3 is 0 Å². The Labute approximate surface area is 195 Å². The van der Waals surface area contributed by atoms with Gasteiger partial charge in [-0.05, 0) is 49.2 Å². The van der Waals surface area contributed by atoms with Gasteiger partial charge in [0.05, 0.1) is 26.7 Å². The maximum atomic E-state index is 9.27. The molecule has 0 saturated heterocycles. The first-order valence-electron chi connectivity index (χ1n) is 8.28. The maximum Gasteiger partial charge on any atom is 0.161 e. The number of rotatable bonds is 3. The summed E-state index contributed by atoms with van der Waals surface area (Å²) in [5.41, 5.74) is 2.12. The lowest BCUT2D eigenvalue weighted by atomic mass is 10.2. The fraction of sp³-hybridized carbons (Fsp3) is 0.400. The number of hydrogen-bond acceptors (Lipinski definition) is 4. The Balaban J connectivity index is 0. The van der Waals surface area contributed by atoms with Crippen molar-refractivity contribution in [3.05, 3.63) is 44.3 Å². The lowest BCUT2D eigenvalue weighted by Gasteiger charge is -2.08. The molecule has 0 radical (unpaired) electrons. The summed E-state index contributed by atoms with van der Waals surface area (Å²) in [6, 6.07) is 7.23. The molecule has 160 valence electrons. The number of hydrogen-bond donors (Lipinski definition) is 1. The monoisotopic (exact) mass is 560 g/mol. The molecule has 1 N–H and O–H groups in total. The lowest BCUT2D eigenvalue weighted by Crippen LogP contribution is -1.91. The maximum absolute atomic E-state index is 9.27. The zero-order chi connectivity index (χ0) is 22.3. The Morgan fingerprint density at radius 2 is 1.07 bits per heavy atom. The summed E-state index contributed by atoms with van der Waals surface area (Å²) in [6.07, 6.45) is 0. The van der Waals surface area contributed by atoms with Crippen molar-refractivity contribution in [1.82, 2.24) is 0 Å². The molecule has 0 bridgehead atoms. The van der Waals surface area contributed by atoms with Crippen molar-refractivity contribution in [1.29, 1.82) is 0 Å². The fourth-order valence-electron chi connectivity index (χ4n) is 1.77. The zero-order valence-electron chi connectivity index (χ0n) is 17.2. The highest BCUT2D eigenvalue weighted by Gasteiger charge is 2.05. The number of aromatic hydroxyl groups is 1. The minimum absolute atomic E-state index is 0.174. The number of methoxy groups -OCH3 is 3. The molecule has 0 spiro atoms. The van der Waals surface area contributed by atoms with Crippen LogP contribution < -0.4 is 14.2 Å². The fourth-order valence-corrected chi connectivity index (χ4v) is 2.41. The number of halogens is 4. The predicted octanol–water partition coefficient (Wildman–Crippen LogP) is 7.69. The molecule has 0 aliphatic rings. The molecule has 0 unspecified atom stereocenters. The third-order valence-electron chi connectivity index (χ3n) is 3.12. The molecule has 2 rings (SSSR count). The quantitative estimate of drug-likeness (QED) is 0.389. The van der Waals surface area contributed by atoms with Crippen LogP contribution >= 0.6 is 55.1 Å². The normalized spacial score (nSPS) is 8.82. The molecule has 0 amide bonds. The van der Waals surface area contributed by atoms with Crippen molar-refractivity contribution in [2.24, 2.45) is 0 Å². The largest absolute Gasteiger partial charge is 0.504 e. The van der Waals surface area contributed by atoms with Crippen LogP contribution in [0.25, 0.3) is 0 Å². The highest BCUT2D eigenvalue weighted by Crippen LogP contribution is 2.33. The molecular weight excluding hydrogens is 535 g/mol. The van der Waals surface area contributed by atoms with Crippen molar-refractivity contribution in [3.63, 3.8) is 0 Å². The van der Waals surface area contributed by atoms with Crippen molar-refractivity contribution in [3.8, 4) is 23.0 Å². The third-order valence-corrected chi connectivity index (χ3v) is 4.83. The molecule has 0 fully saturated rings. The van der Waals surface area contributed by atoms with Gasteiger partial charge in [0.1, 0.15) is 0 Å². The van der Waals surface area contributed by atoms with E-state index < -0.39 is 0 Å². The van der Waals surface area contributed by atoms with E-state index in [1.54, 1.807) is 26.4 Å². The minimum atomic E-state index is 0.174. The van der Waals surface area contributed by atoms with Gasteiger partial charge in [-0.1, -0.05) is 45.7 Å². The molecule has 0 heterocycles. The van der Waals surface area contributed by atoms with Crippen LogP contribution in [-0.4, -0.2) is 31.8 Å². The van der Waals surface area contributed by atoms with Crippen molar-refractivity contribution < 1.29 is 19.3 Å². The standard InChI is InChI=1S/C9H11BrO2.C8H9BrO2.C2H6.CH2Cl2/c1-6-4-8(11-2)9(12-3)5-7(6)10;1-5-3-7(10)8(11-2)4-6(5)9;1-2;2-1-3/h4-5H,1-3H3;3-4,10H,1-2H3;1-2H3;1H2. The predicted molar refractivity (Wildman–Crippen MR) is 127 cm³/mol. The van der Waals surface area contributed by atoms with Gasteiger partial charge < -0.3 is 19.3 Å². The van der Waals surface area contributed by atoms with Crippen LogP contribution in [0.2, 0.25) is 0 Å². The number of alkyl halides is 2. The van der Waals surface area contributed by atoms with Crippen molar-refractivity contribution in [2.45, 2.75) is 27.7 Å². The van der Waals surface area contributed by atoms with Crippen molar-refractivity contribution in [2.75, 3.05) is 26.7 Å². The SMILES string of the molecule is CC.COc1cc(Br)c(C)cc1O.COc1cc(C)c(Br)cc1OC.ClCCl. The van der Waals surface area contributed by atoms with Gasteiger partial charge in [-0.2, -0.15) is 0 Å². The molecule has 0 saturated carbocycles. The van der Waals surface area contributed by atoms with Crippen molar-refractivity contribution >= 4 is 55.1 Å². The van der Waals surface area contributed by atoms with Gasteiger partial charge in [0.2, 0.25) is 0 Å². The van der Waals surface area contributed by atoms with Crippen LogP contribution in [0.15, 0.2) is 33.2 Å². The van der Waals surface area contributed by atoms with Gasteiger partial charge in [0.15, 0.2) is 23.0 Å². The number of phenols is 1. The van der Waals surface area contributed by atoms with Crippen LogP contribution in [0.5, 0.6) is 23.0 Å². The molecular formula is C20H28Br2Cl2O4. The summed E-state index contributed by atoms with van der Waals surface area (Å²) in [5, 5.41) is 9.46. The first kappa shape index (κ1) is 29.4. The zero-order valence-corrected chi connectivity index (χ0v) is 21.9. The van der Waals surface area contributed by atoms with E-state index in [-0.39, 0.29) is 11.1 Å². The summed E-state index contributed by atoms with van der Waals surface area (Å²) in [6.45, 7) is 7.91. The molecule has 2 aromatic carbocycles. The third kappa shape index (κ3) is 10.6. The summed E-state index contributed by atoms with van der Waals surface area (Å²) < 4.78 is 17.1. The van der Waals surface area contributed by atoms with Crippen LogP contribution in [-0.2, 0) is 0 Å². The highest BCUT2D eigenvalue weighted by atomic mass is 79.9. The average molecular weight is 563 g/mol. The second kappa shape index (κ2) is 17.1. The topological polar surface area (TPSA) is 47.9 Å². The van der Waals surface area contributed by atoms with Crippen LogP contribution in [0.3, 0.4) is 0 Å². The molecule has 28 heavy (non-hydrogen) atoms. The Hall–Kier alpha value is -0.820. The smallest absolute Gasteiger partial charge is 0.161 e. The van der Waals surface area contributed by atoms with E-state index in [0.717, 1.165) is 31.6 Å². The van der Waals surface area contributed by atoms with Gasteiger partial charge in [0.25, 0.3) is 0 Å². The first-order valence-corrected chi connectivity index (χ1v) is 10.9. The van der Waals surface area contributed by atoms with E-state index in [2.05, 4.69) is 31.9 Å². The Bertz CT molecular complexity index is 669. The average Bonchev–Trinajstić information content (AvgIpc) is 2.69. The van der Waals surface area contributed by atoms with E-state index in [0.29, 0.717) is 5.75 Å². The van der Waals surface area contributed by atoms with E-state index in [4.69, 9.17) is 37.4 Å². The molecule has 0 aromatic heterocycles. The Kier molecular flexibility index (Phi) is 17.9.